The van der Waals surface area contributed by atoms with E-state index < -0.39 is 0 Å². The molecule has 2 rings (SSSR count). The average Bonchev–Trinajstić information content (AvgIpc) is 2.38. The molecule has 2 aromatic rings. The molecule has 1 aromatic heterocycles. The number of hydrogen-bond donors (Lipinski definition) is 2. The fourth-order valence-electron chi connectivity index (χ4n) is 1.87. The summed E-state index contributed by atoms with van der Waals surface area (Å²) in [6.45, 7) is 6.66. The van der Waals surface area contributed by atoms with Crippen LogP contribution in [-0.2, 0) is 5.41 Å². The Balaban J connectivity index is 2.15. The number of anilines is 3. The van der Waals surface area contributed by atoms with Gasteiger partial charge in [-0.2, -0.15) is 0 Å². The lowest BCUT2D eigenvalue weighted by atomic mass is 9.87. The van der Waals surface area contributed by atoms with Crippen LogP contribution in [0, 0.1) is 0 Å². The number of hydrogen-bond acceptors (Lipinski definition) is 3. The summed E-state index contributed by atoms with van der Waals surface area (Å²) in [5.74, 6) is 0.858. The van der Waals surface area contributed by atoms with Crippen molar-refractivity contribution in [1.29, 1.82) is 0 Å². The quantitative estimate of drug-likeness (QED) is 0.864. The molecule has 0 aliphatic carbocycles. The Labute approximate surface area is 115 Å². The van der Waals surface area contributed by atoms with Crippen LogP contribution in [0.5, 0.6) is 0 Å². The summed E-state index contributed by atoms with van der Waals surface area (Å²) < 4.78 is 0. The maximum absolute atomic E-state index is 4.19. The second-order valence-corrected chi connectivity index (χ2v) is 5.63. The Morgan fingerprint density at radius 3 is 2.21 bits per heavy atom. The second-order valence-electron chi connectivity index (χ2n) is 5.63. The number of rotatable bonds is 3. The molecule has 1 aromatic carbocycles. The average molecular weight is 255 g/mol. The molecule has 0 atom stereocenters. The van der Waals surface area contributed by atoms with Crippen molar-refractivity contribution in [2.75, 3.05) is 17.7 Å². The van der Waals surface area contributed by atoms with Crippen LogP contribution in [-0.4, -0.2) is 12.0 Å². The third-order valence-electron chi connectivity index (χ3n) is 3.06. The molecule has 100 valence electrons. The molecule has 0 bridgehead atoms. The summed E-state index contributed by atoms with van der Waals surface area (Å²) in [5.41, 5.74) is 3.64. The standard InChI is InChI=1S/C16H21N3/c1-16(2,3)12-5-7-13(8-6-12)19-14-9-10-18-15(11-14)17-4/h5-11H,1-4H3,(H2,17,18,19). The summed E-state index contributed by atoms with van der Waals surface area (Å²) in [5, 5.41) is 6.41. The zero-order valence-corrected chi connectivity index (χ0v) is 12.0. The zero-order chi connectivity index (χ0) is 13.9. The van der Waals surface area contributed by atoms with Gasteiger partial charge in [0.05, 0.1) is 0 Å². The van der Waals surface area contributed by atoms with Crippen molar-refractivity contribution >= 4 is 17.2 Å². The Hall–Kier alpha value is -2.03. The van der Waals surface area contributed by atoms with Crippen molar-refractivity contribution in [3.63, 3.8) is 0 Å². The monoisotopic (exact) mass is 255 g/mol. The normalized spacial score (nSPS) is 11.2. The highest BCUT2D eigenvalue weighted by atomic mass is 15.0. The molecule has 0 unspecified atom stereocenters. The highest BCUT2D eigenvalue weighted by Gasteiger charge is 2.12. The minimum atomic E-state index is 0.189. The molecule has 3 heteroatoms. The lowest BCUT2D eigenvalue weighted by molar-refractivity contribution is 0.590. The topological polar surface area (TPSA) is 37.0 Å². The Kier molecular flexibility index (Phi) is 3.74. The number of nitrogens with one attached hydrogen (secondary N) is 2. The van der Waals surface area contributed by atoms with Crippen molar-refractivity contribution < 1.29 is 0 Å². The van der Waals surface area contributed by atoms with Gasteiger partial charge in [0, 0.05) is 30.7 Å². The molecule has 0 spiro atoms. The van der Waals surface area contributed by atoms with Crippen LogP contribution < -0.4 is 10.6 Å². The smallest absolute Gasteiger partial charge is 0.127 e. The van der Waals surface area contributed by atoms with E-state index in [4.69, 9.17) is 0 Å². The molecule has 0 amide bonds. The van der Waals surface area contributed by atoms with E-state index in [1.165, 1.54) is 5.56 Å². The van der Waals surface area contributed by atoms with Gasteiger partial charge in [0.15, 0.2) is 0 Å². The highest BCUT2D eigenvalue weighted by molar-refractivity contribution is 5.62. The predicted molar refractivity (Wildman–Crippen MR) is 82.2 cm³/mol. The third kappa shape index (κ3) is 3.47. The van der Waals surface area contributed by atoms with Crippen LogP contribution >= 0.6 is 0 Å². The first kappa shape index (κ1) is 13.4. The van der Waals surface area contributed by atoms with Gasteiger partial charge < -0.3 is 10.6 Å². The maximum Gasteiger partial charge on any atom is 0.127 e. The maximum atomic E-state index is 4.19. The largest absolute Gasteiger partial charge is 0.373 e. The van der Waals surface area contributed by atoms with E-state index in [9.17, 15) is 0 Å². The molecule has 3 nitrogen and oxygen atoms in total. The van der Waals surface area contributed by atoms with Crippen LogP contribution in [0.4, 0.5) is 17.2 Å². The van der Waals surface area contributed by atoms with Crippen molar-refractivity contribution in [3.8, 4) is 0 Å². The second kappa shape index (κ2) is 5.31. The van der Waals surface area contributed by atoms with Gasteiger partial charge in [-0.15, -0.1) is 0 Å². The van der Waals surface area contributed by atoms with E-state index >= 15 is 0 Å². The summed E-state index contributed by atoms with van der Waals surface area (Å²) >= 11 is 0. The van der Waals surface area contributed by atoms with Crippen LogP contribution in [0.1, 0.15) is 26.3 Å². The minimum Gasteiger partial charge on any atom is -0.373 e. The number of pyridine rings is 1. The number of aromatic nitrogens is 1. The summed E-state index contributed by atoms with van der Waals surface area (Å²) in [4.78, 5) is 4.19. The molecular weight excluding hydrogens is 234 g/mol. The molecule has 0 aliphatic heterocycles. The molecule has 2 N–H and O–H groups in total. The van der Waals surface area contributed by atoms with Crippen molar-refractivity contribution in [2.45, 2.75) is 26.2 Å². The van der Waals surface area contributed by atoms with Gasteiger partial charge in [-0.05, 0) is 29.2 Å². The zero-order valence-electron chi connectivity index (χ0n) is 12.0. The van der Waals surface area contributed by atoms with E-state index in [0.29, 0.717) is 0 Å². The first-order chi connectivity index (χ1) is 8.99. The predicted octanol–water partition coefficient (Wildman–Crippen LogP) is 4.16. The van der Waals surface area contributed by atoms with Crippen molar-refractivity contribution in [3.05, 3.63) is 48.2 Å². The van der Waals surface area contributed by atoms with Gasteiger partial charge in [0.1, 0.15) is 5.82 Å². The fraction of sp³-hybridized carbons (Fsp3) is 0.312. The first-order valence-corrected chi connectivity index (χ1v) is 6.50. The van der Waals surface area contributed by atoms with Crippen LogP contribution in [0.25, 0.3) is 0 Å². The van der Waals surface area contributed by atoms with E-state index in [1.54, 1.807) is 6.20 Å². The van der Waals surface area contributed by atoms with Gasteiger partial charge in [0.2, 0.25) is 0 Å². The Morgan fingerprint density at radius 1 is 0.947 bits per heavy atom. The third-order valence-corrected chi connectivity index (χ3v) is 3.06. The minimum absolute atomic E-state index is 0.189. The van der Waals surface area contributed by atoms with Crippen LogP contribution in [0.15, 0.2) is 42.6 Å². The summed E-state index contributed by atoms with van der Waals surface area (Å²) in [6, 6.07) is 12.5. The summed E-state index contributed by atoms with van der Waals surface area (Å²) in [6.07, 6.45) is 1.79. The van der Waals surface area contributed by atoms with E-state index in [-0.39, 0.29) is 5.41 Å². The molecule has 0 saturated carbocycles. The van der Waals surface area contributed by atoms with Gasteiger partial charge in [-0.1, -0.05) is 32.9 Å². The molecule has 0 fully saturated rings. The lowest BCUT2D eigenvalue weighted by Gasteiger charge is -2.19. The van der Waals surface area contributed by atoms with Gasteiger partial charge in [0.25, 0.3) is 0 Å². The molecule has 19 heavy (non-hydrogen) atoms. The van der Waals surface area contributed by atoms with Gasteiger partial charge in [-0.25, -0.2) is 4.98 Å². The first-order valence-electron chi connectivity index (χ1n) is 6.50. The lowest BCUT2D eigenvalue weighted by Crippen LogP contribution is -2.10. The Morgan fingerprint density at radius 2 is 1.63 bits per heavy atom. The van der Waals surface area contributed by atoms with Crippen molar-refractivity contribution in [1.82, 2.24) is 4.98 Å². The number of nitrogens with zero attached hydrogens (tertiary/aromatic N) is 1. The van der Waals surface area contributed by atoms with E-state index in [2.05, 4.69) is 60.7 Å². The molecule has 0 radical (unpaired) electrons. The highest BCUT2D eigenvalue weighted by Crippen LogP contribution is 2.25. The van der Waals surface area contributed by atoms with Gasteiger partial charge in [-0.3, -0.25) is 0 Å². The van der Waals surface area contributed by atoms with Crippen LogP contribution in [0.2, 0.25) is 0 Å². The van der Waals surface area contributed by atoms with E-state index in [0.717, 1.165) is 17.2 Å². The molecule has 0 saturated heterocycles. The van der Waals surface area contributed by atoms with Crippen LogP contribution in [0.3, 0.4) is 0 Å². The SMILES string of the molecule is CNc1cc(Nc2ccc(C(C)(C)C)cc2)ccn1. The molecule has 0 aliphatic rings. The molecule has 1 heterocycles. The Bertz CT molecular complexity index is 539. The van der Waals surface area contributed by atoms with E-state index in [1.807, 2.05) is 19.2 Å². The number of benzene rings is 1. The fourth-order valence-corrected chi connectivity index (χ4v) is 1.87. The van der Waals surface area contributed by atoms with Gasteiger partial charge >= 0.3 is 0 Å². The summed E-state index contributed by atoms with van der Waals surface area (Å²) in [7, 11) is 1.87. The molecular formula is C16H21N3. The van der Waals surface area contributed by atoms with Crippen molar-refractivity contribution in [2.24, 2.45) is 0 Å².